The number of rotatable bonds is 5. The van der Waals surface area contributed by atoms with Crippen molar-refractivity contribution in [2.24, 2.45) is 10.6 Å². The van der Waals surface area contributed by atoms with Gasteiger partial charge in [0, 0.05) is 24.1 Å². The molecule has 0 spiro atoms. The van der Waals surface area contributed by atoms with E-state index in [0.29, 0.717) is 25.1 Å². The lowest BCUT2D eigenvalue weighted by molar-refractivity contribution is 0.0285. The van der Waals surface area contributed by atoms with Gasteiger partial charge < -0.3 is 10.0 Å². The molecule has 0 bridgehead atoms. The normalized spacial score (nSPS) is 21.9. The highest BCUT2D eigenvalue weighted by molar-refractivity contribution is 7.89. The van der Waals surface area contributed by atoms with Crippen LogP contribution in [-0.2, 0) is 10.0 Å². The number of sulfonamides is 1. The number of likely N-dealkylation sites (tertiary alicyclic amines) is 1. The first-order valence-electron chi connectivity index (χ1n) is 7.45. The molecule has 1 aromatic rings. The third-order valence-electron chi connectivity index (χ3n) is 4.29. The average molecular weight is 338 g/mol. The first kappa shape index (κ1) is 17.7. The smallest absolute Gasteiger partial charge is 0.253 e. The summed E-state index contributed by atoms with van der Waals surface area (Å²) in [6.07, 6.45) is 4.09. The molecule has 1 saturated heterocycles. The largest absolute Gasteiger partial charge is 0.396 e. The lowest BCUT2D eigenvalue weighted by Crippen LogP contribution is -2.47. The van der Waals surface area contributed by atoms with E-state index in [1.807, 2.05) is 0 Å². The van der Waals surface area contributed by atoms with Gasteiger partial charge in [0.15, 0.2) is 0 Å². The highest BCUT2D eigenvalue weighted by Gasteiger charge is 2.35. The summed E-state index contributed by atoms with van der Waals surface area (Å²) in [5, 5.41) is 14.8. The predicted molar refractivity (Wildman–Crippen MR) is 87.3 cm³/mol. The number of aliphatic hydroxyl groups is 1. The maximum absolute atomic E-state index is 12.6. The van der Waals surface area contributed by atoms with Gasteiger partial charge in [0.2, 0.25) is 10.0 Å². The molecule has 6 nitrogen and oxygen atoms in total. The van der Waals surface area contributed by atoms with Crippen LogP contribution in [0.1, 0.15) is 29.6 Å². The Bertz CT molecular complexity index is 685. The summed E-state index contributed by atoms with van der Waals surface area (Å²) in [6, 6.07) is 5.58. The Balaban J connectivity index is 2.18. The summed E-state index contributed by atoms with van der Waals surface area (Å²) in [5.41, 5.74) is 0.0701. The Morgan fingerprint density at radius 2 is 2.04 bits per heavy atom. The molecule has 1 heterocycles. The molecule has 3 N–H and O–H groups in total. The molecule has 0 saturated carbocycles. The molecule has 2 rings (SSSR count). The van der Waals surface area contributed by atoms with Crippen molar-refractivity contribution in [3.8, 4) is 0 Å². The van der Waals surface area contributed by atoms with E-state index in [4.69, 9.17) is 5.14 Å². The first-order valence-corrected chi connectivity index (χ1v) is 9.00. The van der Waals surface area contributed by atoms with Gasteiger partial charge in [-0.3, -0.25) is 4.79 Å². The first-order chi connectivity index (χ1) is 10.8. The minimum atomic E-state index is -3.77. The number of nitrogens with zero attached hydrogens (tertiary/aromatic N) is 1. The lowest BCUT2D eigenvalue weighted by Gasteiger charge is -2.41. The summed E-state index contributed by atoms with van der Waals surface area (Å²) in [4.78, 5) is 14.3. The number of allylic oxidation sites excluding steroid dienone is 1. The van der Waals surface area contributed by atoms with E-state index < -0.39 is 10.0 Å². The molecule has 1 aliphatic heterocycles. The van der Waals surface area contributed by atoms with Crippen LogP contribution in [0.2, 0.25) is 0 Å². The SMILES string of the molecule is C=CC[C@]1(CO)CCCN(C(=O)c2ccc(S(N)(=O)=O)cc2)C1. The van der Waals surface area contributed by atoms with Crippen LogP contribution in [0, 0.1) is 5.41 Å². The minimum absolute atomic E-state index is 0.00710. The van der Waals surface area contributed by atoms with Gasteiger partial charge in [-0.2, -0.15) is 0 Å². The molecule has 23 heavy (non-hydrogen) atoms. The number of hydrogen-bond acceptors (Lipinski definition) is 4. The maximum Gasteiger partial charge on any atom is 0.253 e. The van der Waals surface area contributed by atoms with Gasteiger partial charge in [0.1, 0.15) is 0 Å². The highest BCUT2D eigenvalue weighted by Crippen LogP contribution is 2.34. The van der Waals surface area contributed by atoms with Crippen molar-refractivity contribution < 1.29 is 18.3 Å². The zero-order chi connectivity index (χ0) is 17.1. The van der Waals surface area contributed by atoms with Gasteiger partial charge in [0.05, 0.1) is 11.5 Å². The Morgan fingerprint density at radius 3 is 2.57 bits per heavy atom. The van der Waals surface area contributed by atoms with Crippen molar-refractivity contribution in [2.45, 2.75) is 24.2 Å². The Kier molecular flexibility index (Phi) is 5.23. The monoisotopic (exact) mass is 338 g/mol. The quantitative estimate of drug-likeness (QED) is 0.786. The summed E-state index contributed by atoms with van der Waals surface area (Å²) in [7, 11) is -3.77. The lowest BCUT2D eigenvalue weighted by atomic mass is 9.77. The van der Waals surface area contributed by atoms with Gasteiger partial charge >= 0.3 is 0 Å². The van der Waals surface area contributed by atoms with Crippen LogP contribution < -0.4 is 5.14 Å². The molecule has 1 aromatic carbocycles. The fourth-order valence-corrected chi connectivity index (χ4v) is 3.53. The molecule has 1 amide bonds. The van der Waals surface area contributed by atoms with Crippen LogP contribution in [0.4, 0.5) is 0 Å². The molecule has 0 aliphatic carbocycles. The molecule has 1 fully saturated rings. The molecule has 0 unspecified atom stereocenters. The number of hydrogen-bond donors (Lipinski definition) is 2. The third-order valence-corrected chi connectivity index (χ3v) is 5.22. The van der Waals surface area contributed by atoms with Crippen molar-refractivity contribution in [1.82, 2.24) is 4.90 Å². The van der Waals surface area contributed by atoms with Gasteiger partial charge in [-0.15, -0.1) is 6.58 Å². The van der Waals surface area contributed by atoms with Crippen LogP contribution in [0.15, 0.2) is 41.8 Å². The Hall–Kier alpha value is -1.70. The van der Waals surface area contributed by atoms with Crippen molar-refractivity contribution in [3.05, 3.63) is 42.5 Å². The van der Waals surface area contributed by atoms with Crippen LogP contribution in [0.3, 0.4) is 0 Å². The van der Waals surface area contributed by atoms with Crippen LogP contribution in [0.5, 0.6) is 0 Å². The van der Waals surface area contributed by atoms with Crippen molar-refractivity contribution in [2.75, 3.05) is 19.7 Å². The second-order valence-electron chi connectivity index (χ2n) is 6.05. The van der Waals surface area contributed by atoms with E-state index in [2.05, 4.69) is 6.58 Å². The van der Waals surface area contributed by atoms with E-state index in [1.165, 1.54) is 24.3 Å². The van der Waals surface area contributed by atoms with Crippen molar-refractivity contribution >= 4 is 15.9 Å². The molecule has 0 aromatic heterocycles. The van der Waals surface area contributed by atoms with Crippen molar-refractivity contribution in [1.29, 1.82) is 0 Å². The average Bonchev–Trinajstić information content (AvgIpc) is 2.54. The zero-order valence-electron chi connectivity index (χ0n) is 12.9. The highest BCUT2D eigenvalue weighted by atomic mass is 32.2. The summed E-state index contributed by atoms with van der Waals surface area (Å²) in [6.45, 7) is 4.82. The summed E-state index contributed by atoms with van der Waals surface area (Å²) in [5.74, 6) is -0.174. The van der Waals surface area contributed by atoms with Crippen LogP contribution >= 0.6 is 0 Å². The second kappa shape index (κ2) is 6.82. The number of carbonyl (C=O) groups is 1. The minimum Gasteiger partial charge on any atom is -0.396 e. The van der Waals surface area contributed by atoms with Crippen molar-refractivity contribution in [3.63, 3.8) is 0 Å². The molecule has 7 heteroatoms. The molecular formula is C16H22N2O4S. The van der Waals surface area contributed by atoms with E-state index in [1.54, 1.807) is 11.0 Å². The molecule has 1 aliphatic rings. The van der Waals surface area contributed by atoms with Gasteiger partial charge in [-0.05, 0) is 43.5 Å². The third kappa shape index (κ3) is 3.99. The molecule has 126 valence electrons. The number of carbonyl (C=O) groups excluding carboxylic acids is 1. The number of nitrogens with two attached hydrogens (primary N) is 1. The maximum atomic E-state index is 12.6. The number of primary sulfonamides is 1. The van der Waals surface area contributed by atoms with E-state index in [9.17, 15) is 18.3 Å². The summed E-state index contributed by atoms with van der Waals surface area (Å²) < 4.78 is 22.5. The van der Waals surface area contributed by atoms with E-state index >= 15 is 0 Å². The summed E-state index contributed by atoms with van der Waals surface area (Å²) >= 11 is 0. The van der Waals surface area contributed by atoms with E-state index in [0.717, 1.165) is 12.8 Å². The number of aliphatic hydroxyl groups excluding tert-OH is 1. The van der Waals surface area contributed by atoms with Gasteiger partial charge in [-0.25, -0.2) is 13.6 Å². The number of piperidine rings is 1. The second-order valence-corrected chi connectivity index (χ2v) is 7.61. The molecule has 1 atom stereocenters. The van der Waals surface area contributed by atoms with E-state index in [-0.39, 0.29) is 22.8 Å². The van der Waals surface area contributed by atoms with Crippen LogP contribution in [0.25, 0.3) is 0 Å². The Morgan fingerprint density at radius 1 is 1.39 bits per heavy atom. The Labute approximate surface area is 136 Å². The van der Waals surface area contributed by atoms with Gasteiger partial charge in [-0.1, -0.05) is 6.08 Å². The fourth-order valence-electron chi connectivity index (χ4n) is 3.02. The molecule has 0 radical (unpaired) electrons. The zero-order valence-corrected chi connectivity index (χ0v) is 13.8. The van der Waals surface area contributed by atoms with Crippen LogP contribution in [-0.4, -0.2) is 44.0 Å². The molecular weight excluding hydrogens is 316 g/mol. The standard InChI is InChI=1S/C16H22N2O4S/c1-2-8-16(12-19)9-3-10-18(11-16)15(20)13-4-6-14(7-5-13)23(17,21)22/h2,4-7,19H,1,3,8-12H2,(H2,17,21,22)/t16-/m0/s1. The van der Waals surface area contributed by atoms with Gasteiger partial charge in [0.25, 0.3) is 5.91 Å². The predicted octanol–water partition coefficient (Wildman–Crippen LogP) is 1.12. The number of benzene rings is 1. The topological polar surface area (TPSA) is 101 Å². The number of amides is 1. The fraction of sp³-hybridized carbons (Fsp3) is 0.438.